The Bertz CT molecular complexity index is 568. The number of nitrogens with zero attached hydrogens (tertiary/aromatic N) is 2. The Morgan fingerprint density at radius 2 is 2.23 bits per heavy atom. The van der Waals surface area contributed by atoms with Gasteiger partial charge in [-0.25, -0.2) is 0 Å². The monoisotopic (exact) mass is 360 g/mol. The van der Waals surface area contributed by atoms with Crippen LogP contribution in [0.3, 0.4) is 0 Å². The van der Waals surface area contributed by atoms with E-state index in [1.165, 1.54) is 0 Å². The van der Waals surface area contributed by atoms with Crippen LogP contribution < -0.4 is 0 Å². The molecule has 2 saturated heterocycles. The summed E-state index contributed by atoms with van der Waals surface area (Å²) in [5.74, 6) is 1.26. The Morgan fingerprint density at radius 1 is 1.42 bits per heavy atom. The van der Waals surface area contributed by atoms with Crippen LogP contribution in [0.1, 0.15) is 51.5 Å². The third-order valence-corrected chi connectivity index (χ3v) is 5.75. The van der Waals surface area contributed by atoms with Gasteiger partial charge in [0.25, 0.3) is 0 Å². The van der Waals surface area contributed by atoms with Gasteiger partial charge >= 0.3 is 0 Å². The minimum absolute atomic E-state index is 0.0354. The van der Waals surface area contributed by atoms with Crippen LogP contribution in [0.15, 0.2) is 24.5 Å². The fourth-order valence-electron chi connectivity index (χ4n) is 4.26. The van der Waals surface area contributed by atoms with Crippen LogP contribution in [0.5, 0.6) is 0 Å². The average molecular weight is 360 g/mol. The molecule has 2 aliphatic rings. The molecule has 2 aliphatic heterocycles. The summed E-state index contributed by atoms with van der Waals surface area (Å²) in [6.07, 6.45) is 8.34. The molecule has 0 bridgehead atoms. The maximum Gasteiger partial charge on any atom is 0.222 e. The zero-order chi connectivity index (χ0) is 18.4. The topological polar surface area (TPSA) is 51.7 Å². The maximum atomic E-state index is 12.3. The van der Waals surface area contributed by atoms with Crippen LogP contribution in [-0.2, 0) is 20.9 Å². The molecular formula is C21H32N2O3. The molecule has 3 heterocycles. The molecule has 0 radical (unpaired) electrons. The van der Waals surface area contributed by atoms with Crippen LogP contribution in [0.4, 0.5) is 0 Å². The highest BCUT2D eigenvalue weighted by molar-refractivity contribution is 5.76. The molecule has 0 saturated carbocycles. The van der Waals surface area contributed by atoms with E-state index in [4.69, 9.17) is 9.47 Å². The highest BCUT2D eigenvalue weighted by Crippen LogP contribution is 2.42. The second-order valence-corrected chi connectivity index (χ2v) is 8.08. The second-order valence-electron chi connectivity index (χ2n) is 8.08. The van der Waals surface area contributed by atoms with Gasteiger partial charge in [-0.05, 0) is 49.1 Å². The van der Waals surface area contributed by atoms with Crippen LogP contribution in [0.2, 0.25) is 0 Å². The number of ether oxygens (including phenoxy) is 2. The van der Waals surface area contributed by atoms with E-state index >= 15 is 0 Å². The van der Waals surface area contributed by atoms with Gasteiger partial charge in [-0.15, -0.1) is 0 Å². The Labute approximate surface area is 157 Å². The first-order valence-electron chi connectivity index (χ1n) is 9.97. The molecule has 144 valence electrons. The Morgan fingerprint density at radius 3 is 2.92 bits per heavy atom. The van der Waals surface area contributed by atoms with Crippen molar-refractivity contribution in [3.63, 3.8) is 0 Å². The number of hydrogen-bond acceptors (Lipinski definition) is 4. The van der Waals surface area contributed by atoms with Gasteiger partial charge in [0.1, 0.15) is 0 Å². The number of aromatic nitrogens is 1. The average Bonchev–Trinajstić information content (AvgIpc) is 3.01. The minimum atomic E-state index is -0.0354. The summed E-state index contributed by atoms with van der Waals surface area (Å²) >= 11 is 0. The molecule has 1 aromatic rings. The van der Waals surface area contributed by atoms with Gasteiger partial charge in [-0.2, -0.15) is 0 Å². The van der Waals surface area contributed by atoms with Gasteiger partial charge in [0.05, 0.1) is 12.2 Å². The fraction of sp³-hybridized carbons (Fsp3) is 0.714. The molecule has 1 aromatic heterocycles. The molecule has 0 aliphatic carbocycles. The molecule has 1 atom stereocenters. The quantitative estimate of drug-likeness (QED) is 0.699. The number of piperidine rings is 1. The Hall–Kier alpha value is -1.46. The van der Waals surface area contributed by atoms with E-state index in [9.17, 15) is 4.79 Å². The smallest absolute Gasteiger partial charge is 0.222 e. The van der Waals surface area contributed by atoms with E-state index in [0.29, 0.717) is 30.8 Å². The molecule has 1 amide bonds. The lowest BCUT2D eigenvalue weighted by atomic mass is 9.78. The molecule has 0 N–H and O–H groups in total. The van der Waals surface area contributed by atoms with Crippen molar-refractivity contribution in [2.75, 3.05) is 26.3 Å². The molecule has 1 spiro atoms. The summed E-state index contributed by atoms with van der Waals surface area (Å²) < 4.78 is 12.1. The first kappa shape index (κ1) is 19.3. The summed E-state index contributed by atoms with van der Waals surface area (Å²) in [6, 6.07) is 3.98. The maximum absolute atomic E-state index is 12.3. The zero-order valence-corrected chi connectivity index (χ0v) is 16.2. The lowest BCUT2D eigenvalue weighted by Gasteiger charge is -2.42. The minimum Gasteiger partial charge on any atom is -0.377 e. The van der Waals surface area contributed by atoms with Gasteiger partial charge in [0.2, 0.25) is 5.91 Å². The van der Waals surface area contributed by atoms with E-state index in [0.717, 1.165) is 57.6 Å². The first-order chi connectivity index (χ1) is 12.6. The number of amides is 1. The Balaban J connectivity index is 1.44. The third-order valence-electron chi connectivity index (χ3n) is 5.75. The van der Waals surface area contributed by atoms with Gasteiger partial charge in [-0.3, -0.25) is 9.78 Å². The first-order valence-corrected chi connectivity index (χ1v) is 9.97. The molecule has 26 heavy (non-hydrogen) atoms. The highest BCUT2D eigenvalue weighted by Gasteiger charge is 2.46. The predicted octanol–water partition coefficient (Wildman–Crippen LogP) is 3.43. The third kappa shape index (κ3) is 4.83. The van der Waals surface area contributed by atoms with Gasteiger partial charge in [0.15, 0.2) is 0 Å². The van der Waals surface area contributed by atoms with Crippen molar-refractivity contribution in [2.24, 2.45) is 11.8 Å². The van der Waals surface area contributed by atoms with E-state index in [1.54, 1.807) is 6.20 Å². The van der Waals surface area contributed by atoms with E-state index < -0.39 is 0 Å². The van der Waals surface area contributed by atoms with Crippen molar-refractivity contribution in [3.8, 4) is 0 Å². The number of rotatable bonds is 7. The number of likely N-dealkylation sites (tertiary alicyclic amines) is 1. The summed E-state index contributed by atoms with van der Waals surface area (Å²) in [7, 11) is 0. The largest absolute Gasteiger partial charge is 0.377 e. The van der Waals surface area contributed by atoms with E-state index in [-0.39, 0.29) is 5.60 Å². The van der Waals surface area contributed by atoms with Crippen LogP contribution in [-0.4, -0.2) is 47.7 Å². The SMILES string of the molecule is CC(C)CC(=O)N1CCC2(CC1)OCC[C@@H]2CCOCc1cccnc1. The van der Waals surface area contributed by atoms with Gasteiger partial charge in [-0.1, -0.05) is 19.9 Å². The summed E-state index contributed by atoms with van der Waals surface area (Å²) in [6.45, 7) is 8.08. The normalized spacial score (nSPS) is 22.3. The fourth-order valence-corrected chi connectivity index (χ4v) is 4.26. The molecule has 0 unspecified atom stereocenters. The van der Waals surface area contributed by atoms with E-state index in [2.05, 4.69) is 18.8 Å². The summed E-state index contributed by atoms with van der Waals surface area (Å²) in [5.41, 5.74) is 1.08. The van der Waals surface area contributed by atoms with Crippen LogP contribution in [0.25, 0.3) is 0 Å². The number of pyridine rings is 1. The van der Waals surface area contributed by atoms with Crippen LogP contribution >= 0.6 is 0 Å². The highest BCUT2D eigenvalue weighted by atomic mass is 16.5. The molecule has 5 heteroatoms. The summed E-state index contributed by atoms with van der Waals surface area (Å²) in [4.78, 5) is 18.4. The van der Waals surface area contributed by atoms with Crippen molar-refractivity contribution in [3.05, 3.63) is 30.1 Å². The molecule has 0 aromatic carbocycles. The number of hydrogen-bond donors (Lipinski definition) is 0. The van der Waals surface area contributed by atoms with Crippen molar-refractivity contribution < 1.29 is 14.3 Å². The van der Waals surface area contributed by atoms with E-state index in [1.807, 2.05) is 23.2 Å². The van der Waals surface area contributed by atoms with Crippen LogP contribution in [0, 0.1) is 11.8 Å². The lowest BCUT2D eigenvalue weighted by Crippen LogP contribution is -2.49. The van der Waals surface area contributed by atoms with Crippen molar-refractivity contribution in [1.82, 2.24) is 9.88 Å². The number of carbonyl (C=O) groups excluding carboxylic acids is 1. The molecular weight excluding hydrogens is 328 g/mol. The molecule has 2 fully saturated rings. The van der Waals surface area contributed by atoms with Crippen molar-refractivity contribution >= 4 is 5.91 Å². The van der Waals surface area contributed by atoms with Crippen molar-refractivity contribution in [1.29, 1.82) is 0 Å². The van der Waals surface area contributed by atoms with Crippen molar-refractivity contribution in [2.45, 2.75) is 58.2 Å². The molecule has 3 rings (SSSR count). The Kier molecular flexibility index (Phi) is 6.65. The van der Waals surface area contributed by atoms with Gasteiger partial charge in [0, 0.05) is 45.1 Å². The lowest BCUT2D eigenvalue weighted by molar-refractivity contribution is -0.138. The standard InChI is InChI=1S/C21H32N2O3/c1-17(2)14-20(24)23-10-7-21(8-11-23)19(6-13-26-21)5-12-25-16-18-4-3-9-22-15-18/h3-4,9,15,17,19H,5-8,10-14,16H2,1-2H3/t19-/m0/s1. The van der Waals surface area contributed by atoms with Gasteiger partial charge < -0.3 is 14.4 Å². The second kappa shape index (κ2) is 8.96. The summed E-state index contributed by atoms with van der Waals surface area (Å²) in [5, 5.41) is 0. The predicted molar refractivity (Wildman–Crippen MR) is 101 cm³/mol. The number of carbonyl (C=O) groups is 1. The zero-order valence-electron chi connectivity index (χ0n) is 16.2. The molecule has 5 nitrogen and oxygen atoms in total.